The Morgan fingerprint density at radius 3 is 2.50 bits per heavy atom. The first-order chi connectivity index (χ1) is 7.52. The highest BCUT2D eigenvalue weighted by molar-refractivity contribution is 5.97. The van der Waals surface area contributed by atoms with E-state index in [1.807, 2.05) is 20.8 Å². The van der Waals surface area contributed by atoms with Crippen LogP contribution in [0.2, 0.25) is 0 Å². The fraction of sp³-hybridized carbons (Fsp3) is 0.818. The molecule has 1 saturated heterocycles. The minimum atomic E-state index is -0.612. The minimum Gasteiger partial charge on any atom is -0.343 e. The standard InChI is InChI=1S/C11H19FN2O2/c1-4-8-11(16)14(6-5-12)9(7(2)3)10(15)13-8/h7-9H,4-6H2,1-3H3,(H,13,15). The zero-order chi connectivity index (χ0) is 12.3. The summed E-state index contributed by atoms with van der Waals surface area (Å²) in [5.41, 5.74) is 0. The smallest absolute Gasteiger partial charge is 0.245 e. The number of hydrogen-bond acceptors (Lipinski definition) is 2. The molecule has 0 aromatic carbocycles. The summed E-state index contributed by atoms with van der Waals surface area (Å²) in [5, 5.41) is 2.68. The van der Waals surface area contributed by atoms with Gasteiger partial charge in [-0.15, -0.1) is 0 Å². The Balaban J connectivity index is 2.91. The van der Waals surface area contributed by atoms with Crippen molar-refractivity contribution in [2.45, 2.75) is 39.3 Å². The first-order valence-electron chi connectivity index (χ1n) is 5.69. The average Bonchev–Trinajstić information content (AvgIpc) is 2.22. The van der Waals surface area contributed by atoms with Gasteiger partial charge in [0.05, 0.1) is 0 Å². The Labute approximate surface area is 95.2 Å². The molecular weight excluding hydrogens is 211 g/mol. The molecular formula is C11H19FN2O2. The van der Waals surface area contributed by atoms with Gasteiger partial charge in [-0.3, -0.25) is 9.59 Å². The summed E-state index contributed by atoms with van der Waals surface area (Å²) in [4.78, 5) is 25.1. The molecule has 2 amide bonds. The van der Waals surface area contributed by atoms with Crippen LogP contribution in [0.4, 0.5) is 4.39 Å². The Bertz CT molecular complexity index is 281. The molecule has 1 fully saturated rings. The maximum absolute atomic E-state index is 12.4. The van der Waals surface area contributed by atoms with Gasteiger partial charge in [-0.05, 0) is 12.3 Å². The van der Waals surface area contributed by atoms with Crippen LogP contribution in [0, 0.1) is 5.92 Å². The molecule has 2 atom stereocenters. The van der Waals surface area contributed by atoms with Crippen LogP contribution >= 0.6 is 0 Å². The van der Waals surface area contributed by atoms with E-state index >= 15 is 0 Å². The van der Waals surface area contributed by atoms with Gasteiger partial charge in [0.15, 0.2) is 0 Å². The van der Waals surface area contributed by atoms with E-state index in [0.29, 0.717) is 6.42 Å². The van der Waals surface area contributed by atoms with Crippen LogP contribution in [0.5, 0.6) is 0 Å². The highest BCUT2D eigenvalue weighted by atomic mass is 19.1. The summed E-state index contributed by atoms with van der Waals surface area (Å²) in [6, 6.07) is -1.03. The predicted octanol–water partition coefficient (Wildman–Crippen LogP) is 0.717. The maximum Gasteiger partial charge on any atom is 0.245 e. The van der Waals surface area contributed by atoms with Crippen LogP contribution in [0.15, 0.2) is 0 Å². The molecule has 0 aromatic heterocycles. The van der Waals surface area contributed by atoms with Crippen molar-refractivity contribution in [2.24, 2.45) is 5.92 Å². The summed E-state index contributed by atoms with van der Waals surface area (Å²) in [7, 11) is 0. The Hall–Kier alpha value is -1.13. The van der Waals surface area contributed by atoms with E-state index in [-0.39, 0.29) is 24.3 Å². The lowest BCUT2D eigenvalue weighted by atomic mass is 9.96. The van der Waals surface area contributed by atoms with Crippen LogP contribution in [-0.4, -0.2) is 42.0 Å². The van der Waals surface area contributed by atoms with E-state index in [4.69, 9.17) is 0 Å². The molecule has 1 rings (SSSR count). The lowest BCUT2D eigenvalue weighted by molar-refractivity contribution is -0.151. The van der Waals surface area contributed by atoms with E-state index in [9.17, 15) is 14.0 Å². The number of halogens is 1. The quantitative estimate of drug-likeness (QED) is 0.773. The minimum absolute atomic E-state index is 0.00556. The van der Waals surface area contributed by atoms with Crippen LogP contribution in [0.1, 0.15) is 27.2 Å². The van der Waals surface area contributed by atoms with Crippen LogP contribution < -0.4 is 5.32 Å². The monoisotopic (exact) mass is 230 g/mol. The van der Waals surface area contributed by atoms with E-state index in [0.717, 1.165) is 0 Å². The zero-order valence-corrected chi connectivity index (χ0v) is 10.00. The van der Waals surface area contributed by atoms with Crippen LogP contribution in [0.25, 0.3) is 0 Å². The van der Waals surface area contributed by atoms with Crippen LogP contribution in [0.3, 0.4) is 0 Å². The van der Waals surface area contributed by atoms with Crippen molar-refractivity contribution in [1.29, 1.82) is 0 Å². The molecule has 1 N–H and O–H groups in total. The number of carbonyl (C=O) groups is 2. The molecule has 1 aliphatic heterocycles. The number of nitrogens with zero attached hydrogens (tertiary/aromatic N) is 1. The zero-order valence-electron chi connectivity index (χ0n) is 10.00. The van der Waals surface area contributed by atoms with E-state index in [1.165, 1.54) is 4.90 Å². The van der Waals surface area contributed by atoms with Crippen molar-refractivity contribution >= 4 is 11.8 Å². The number of piperazine rings is 1. The summed E-state index contributed by atoms with van der Waals surface area (Å²) in [6.07, 6.45) is 0.540. The average molecular weight is 230 g/mol. The van der Waals surface area contributed by atoms with Crippen molar-refractivity contribution in [3.05, 3.63) is 0 Å². The summed E-state index contributed by atoms with van der Waals surface area (Å²) >= 11 is 0. The number of hydrogen-bond donors (Lipinski definition) is 1. The number of alkyl halides is 1. The van der Waals surface area contributed by atoms with Gasteiger partial charge in [0.25, 0.3) is 0 Å². The summed E-state index contributed by atoms with van der Waals surface area (Å²) in [5.74, 6) is -0.346. The largest absolute Gasteiger partial charge is 0.343 e. The molecule has 1 aliphatic rings. The second-order valence-corrected chi connectivity index (χ2v) is 4.38. The molecule has 0 bridgehead atoms. The molecule has 0 radical (unpaired) electrons. The number of carbonyl (C=O) groups excluding carboxylic acids is 2. The van der Waals surface area contributed by atoms with Crippen molar-refractivity contribution in [2.75, 3.05) is 13.2 Å². The van der Waals surface area contributed by atoms with Crippen molar-refractivity contribution in [1.82, 2.24) is 10.2 Å². The van der Waals surface area contributed by atoms with Crippen LogP contribution in [-0.2, 0) is 9.59 Å². The lowest BCUT2D eigenvalue weighted by Gasteiger charge is -2.40. The molecule has 0 aromatic rings. The van der Waals surface area contributed by atoms with Gasteiger partial charge in [0.1, 0.15) is 18.8 Å². The van der Waals surface area contributed by atoms with Gasteiger partial charge in [-0.25, -0.2) is 4.39 Å². The van der Waals surface area contributed by atoms with Crippen molar-refractivity contribution in [3.63, 3.8) is 0 Å². The molecule has 5 heteroatoms. The molecule has 16 heavy (non-hydrogen) atoms. The SMILES string of the molecule is CCC1NC(=O)C(C(C)C)N(CCF)C1=O. The van der Waals surface area contributed by atoms with E-state index in [1.54, 1.807) is 0 Å². The molecule has 2 unspecified atom stereocenters. The fourth-order valence-corrected chi connectivity index (χ4v) is 2.08. The summed E-state index contributed by atoms with van der Waals surface area (Å²) in [6.45, 7) is 4.93. The summed E-state index contributed by atoms with van der Waals surface area (Å²) < 4.78 is 12.4. The number of rotatable bonds is 4. The van der Waals surface area contributed by atoms with Gasteiger partial charge in [0, 0.05) is 6.54 Å². The normalized spacial score (nSPS) is 26.2. The maximum atomic E-state index is 12.4. The van der Waals surface area contributed by atoms with Gasteiger partial charge in [-0.1, -0.05) is 20.8 Å². The second-order valence-electron chi connectivity index (χ2n) is 4.38. The van der Waals surface area contributed by atoms with Gasteiger partial charge in [0.2, 0.25) is 11.8 Å². The third kappa shape index (κ3) is 2.33. The van der Waals surface area contributed by atoms with Gasteiger partial charge < -0.3 is 10.2 Å². The first kappa shape index (κ1) is 12.9. The van der Waals surface area contributed by atoms with Crippen molar-refractivity contribution in [3.8, 4) is 0 Å². The highest BCUT2D eigenvalue weighted by Crippen LogP contribution is 2.18. The third-order valence-electron chi connectivity index (χ3n) is 2.87. The topological polar surface area (TPSA) is 49.4 Å². The molecule has 4 nitrogen and oxygen atoms in total. The molecule has 92 valence electrons. The molecule has 0 saturated carbocycles. The molecule has 0 aliphatic carbocycles. The number of amides is 2. The number of nitrogens with one attached hydrogen (secondary N) is 1. The van der Waals surface area contributed by atoms with E-state index in [2.05, 4.69) is 5.32 Å². The predicted molar refractivity (Wildman–Crippen MR) is 58.5 cm³/mol. The molecule has 0 spiro atoms. The molecule has 1 heterocycles. The lowest BCUT2D eigenvalue weighted by Crippen LogP contribution is -2.64. The Morgan fingerprint density at radius 1 is 1.44 bits per heavy atom. The highest BCUT2D eigenvalue weighted by Gasteiger charge is 2.40. The van der Waals surface area contributed by atoms with Gasteiger partial charge in [-0.2, -0.15) is 0 Å². The second kappa shape index (κ2) is 5.27. The van der Waals surface area contributed by atoms with Gasteiger partial charge >= 0.3 is 0 Å². The Kier molecular flexibility index (Phi) is 4.26. The van der Waals surface area contributed by atoms with E-state index < -0.39 is 18.8 Å². The Morgan fingerprint density at radius 2 is 2.06 bits per heavy atom. The third-order valence-corrected chi connectivity index (χ3v) is 2.87. The van der Waals surface area contributed by atoms with Crippen molar-refractivity contribution < 1.29 is 14.0 Å². The first-order valence-corrected chi connectivity index (χ1v) is 5.69. The fourth-order valence-electron chi connectivity index (χ4n) is 2.08.